The van der Waals surface area contributed by atoms with Crippen LogP contribution in [0.3, 0.4) is 0 Å². The summed E-state index contributed by atoms with van der Waals surface area (Å²) in [6.45, 7) is 0.182. The molecule has 0 bridgehead atoms. The Labute approximate surface area is 168 Å². The number of methoxy groups -OCH3 is 2. The van der Waals surface area contributed by atoms with E-state index in [9.17, 15) is 0 Å². The van der Waals surface area contributed by atoms with Crippen LogP contribution in [0.15, 0.2) is 54.7 Å². The predicted octanol–water partition coefficient (Wildman–Crippen LogP) is 4.78. The molecule has 0 aliphatic rings. The lowest BCUT2D eigenvalue weighted by molar-refractivity contribution is 0.414. The molecule has 0 unspecified atom stereocenters. The van der Waals surface area contributed by atoms with Crippen molar-refractivity contribution in [3.05, 3.63) is 71.4 Å². The molecular formula is C23H23N3O2. The van der Waals surface area contributed by atoms with Gasteiger partial charge in [-0.25, -0.2) is 4.98 Å². The van der Waals surface area contributed by atoms with Crippen molar-refractivity contribution in [1.82, 2.24) is 14.8 Å². The van der Waals surface area contributed by atoms with Crippen molar-refractivity contribution >= 4 is 11.0 Å². The highest BCUT2D eigenvalue weighted by Crippen LogP contribution is 2.34. The summed E-state index contributed by atoms with van der Waals surface area (Å²) >= 11 is 0. The maximum atomic E-state index is 7.80. The lowest BCUT2D eigenvalue weighted by Crippen LogP contribution is -2.02. The first-order chi connectivity index (χ1) is 14.8. The van der Waals surface area contributed by atoms with Crippen molar-refractivity contribution in [3.63, 3.8) is 0 Å². The SMILES string of the molecule is [2H]C([2H])([2H])c1cccc(-c2nc3cnn(Cc4ccc(OC)cc4)c3cc2OC)c1C. The molecule has 0 aliphatic heterocycles. The van der Waals surface area contributed by atoms with E-state index >= 15 is 0 Å². The van der Waals surface area contributed by atoms with Gasteiger partial charge in [-0.15, -0.1) is 0 Å². The second-order valence-electron chi connectivity index (χ2n) is 6.57. The molecule has 2 heterocycles. The maximum Gasteiger partial charge on any atom is 0.147 e. The molecule has 2 aromatic heterocycles. The Kier molecular flexibility index (Phi) is 3.85. The van der Waals surface area contributed by atoms with E-state index in [-0.39, 0.29) is 0 Å². The average molecular weight is 376 g/mol. The summed E-state index contributed by atoms with van der Waals surface area (Å²) in [6, 6.07) is 15.0. The van der Waals surface area contributed by atoms with Gasteiger partial charge in [0, 0.05) is 15.7 Å². The van der Waals surface area contributed by atoms with Crippen LogP contribution in [-0.4, -0.2) is 29.0 Å². The van der Waals surface area contributed by atoms with Gasteiger partial charge in [-0.2, -0.15) is 5.10 Å². The highest BCUT2D eigenvalue weighted by molar-refractivity contribution is 5.83. The van der Waals surface area contributed by atoms with Crippen molar-refractivity contribution < 1.29 is 13.6 Å². The Morgan fingerprint density at radius 1 is 1.07 bits per heavy atom. The fourth-order valence-electron chi connectivity index (χ4n) is 3.26. The van der Waals surface area contributed by atoms with Crippen LogP contribution in [0.1, 0.15) is 20.8 Å². The van der Waals surface area contributed by atoms with Gasteiger partial charge in [0.05, 0.1) is 32.5 Å². The fourth-order valence-corrected chi connectivity index (χ4v) is 3.26. The molecule has 0 amide bonds. The van der Waals surface area contributed by atoms with Crippen molar-refractivity contribution in [3.8, 4) is 22.8 Å². The summed E-state index contributed by atoms with van der Waals surface area (Å²) in [5, 5.41) is 4.50. The molecule has 4 aromatic rings. The van der Waals surface area contributed by atoms with Crippen LogP contribution in [-0.2, 0) is 6.54 Å². The minimum atomic E-state index is -2.19. The van der Waals surface area contributed by atoms with E-state index < -0.39 is 6.85 Å². The largest absolute Gasteiger partial charge is 0.497 e. The lowest BCUT2D eigenvalue weighted by Gasteiger charge is -2.13. The van der Waals surface area contributed by atoms with Crippen LogP contribution in [0, 0.1) is 13.8 Å². The summed E-state index contributed by atoms with van der Waals surface area (Å²) in [5.41, 5.74) is 4.93. The van der Waals surface area contributed by atoms with Gasteiger partial charge < -0.3 is 9.47 Å². The van der Waals surface area contributed by atoms with Crippen LogP contribution in [0.4, 0.5) is 0 Å². The van der Waals surface area contributed by atoms with E-state index in [0.29, 0.717) is 34.6 Å². The van der Waals surface area contributed by atoms with E-state index in [1.54, 1.807) is 39.5 Å². The maximum absolute atomic E-state index is 7.80. The fraction of sp³-hybridized carbons (Fsp3) is 0.217. The summed E-state index contributed by atoms with van der Waals surface area (Å²) < 4.78 is 36.1. The van der Waals surface area contributed by atoms with E-state index in [1.165, 1.54) is 0 Å². The number of benzene rings is 2. The summed E-state index contributed by atoms with van der Waals surface area (Å²) in [6.07, 6.45) is 1.71. The highest BCUT2D eigenvalue weighted by Gasteiger charge is 2.15. The quantitative estimate of drug-likeness (QED) is 0.503. The summed E-state index contributed by atoms with van der Waals surface area (Å²) in [4.78, 5) is 4.78. The third kappa shape index (κ3) is 3.20. The van der Waals surface area contributed by atoms with Gasteiger partial charge in [0.25, 0.3) is 0 Å². The van der Waals surface area contributed by atoms with Crippen LogP contribution < -0.4 is 9.47 Å². The molecule has 0 radical (unpaired) electrons. The number of hydrogen-bond donors (Lipinski definition) is 0. The molecule has 5 nitrogen and oxygen atoms in total. The molecule has 28 heavy (non-hydrogen) atoms. The Morgan fingerprint density at radius 2 is 1.89 bits per heavy atom. The molecule has 5 heteroatoms. The monoisotopic (exact) mass is 376 g/mol. The molecule has 4 rings (SSSR count). The predicted molar refractivity (Wildman–Crippen MR) is 111 cm³/mol. The van der Waals surface area contributed by atoms with Crippen LogP contribution in [0.25, 0.3) is 22.3 Å². The number of nitrogens with zero attached hydrogens (tertiary/aromatic N) is 3. The second kappa shape index (κ2) is 7.35. The number of fused-ring (bicyclic) bond motifs is 1. The lowest BCUT2D eigenvalue weighted by atomic mass is 10.00. The molecule has 0 aliphatic carbocycles. The third-order valence-corrected chi connectivity index (χ3v) is 4.89. The number of pyridine rings is 1. The van der Waals surface area contributed by atoms with Crippen LogP contribution in [0.2, 0.25) is 0 Å². The average Bonchev–Trinajstić information content (AvgIpc) is 3.14. The van der Waals surface area contributed by atoms with Crippen molar-refractivity contribution in [2.24, 2.45) is 0 Å². The minimum absolute atomic E-state index is 0.309. The normalized spacial score (nSPS) is 13.0. The number of hydrogen-bond acceptors (Lipinski definition) is 4. The van der Waals surface area contributed by atoms with Gasteiger partial charge in [0.1, 0.15) is 22.7 Å². The molecule has 142 valence electrons. The first-order valence-corrected chi connectivity index (χ1v) is 8.95. The molecule has 0 spiro atoms. The smallest absolute Gasteiger partial charge is 0.147 e. The second-order valence-corrected chi connectivity index (χ2v) is 6.57. The standard InChI is InChI=1S/C23H23N3O2/c1-15-6-5-7-19(16(15)2)23-22(28-4)12-21-20(25-23)13-24-26(21)14-17-8-10-18(27-3)11-9-17/h5-13H,14H2,1-4H3/i1D3. The van der Waals surface area contributed by atoms with Gasteiger partial charge in [0.2, 0.25) is 0 Å². The first-order valence-electron chi connectivity index (χ1n) is 10.5. The molecule has 0 N–H and O–H groups in total. The Hall–Kier alpha value is -3.34. The molecule has 0 atom stereocenters. The minimum Gasteiger partial charge on any atom is -0.497 e. The number of aromatic nitrogens is 3. The van der Waals surface area contributed by atoms with Crippen LogP contribution >= 0.6 is 0 Å². The molecule has 0 fully saturated rings. The zero-order chi connectivity index (χ0) is 22.2. The van der Waals surface area contributed by atoms with Crippen LogP contribution in [0.5, 0.6) is 11.5 Å². The first kappa shape index (κ1) is 14.7. The third-order valence-electron chi connectivity index (χ3n) is 4.89. The van der Waals surface area contributed by atoms with Gasteiger partial charge in [-0.3, -0.25) is 4.68 Å². The summed E-state index contributed by atoms with van der Waals surface area (Å²) in [7, 11) is 3.22. The van der Waals surface area contributed by atoms with E-state index in [4.69, 9.17) is 18.6 Å². The molecule has 2 aromatic carbocycles. The zero-order valence-electron chi connectivity index (χ0n) is 19.1. The van der Waals surface area contributed by atoms with Crippen molar-refractivity contribution in [1.29, 1.82) is 0 Å². The van der Waals surface area contributed by atoms with E-state index in [0.717, 1.165) is 22.4 Å². The Bertz CT molecular complexity index is 1230. The van der Waals surface area contributed by atoms with Gasteiger partial charge in [0.15, 0.2) is 0 Å². The highest BCUT2D eigenvalue weighted by atomic mass is 16.5. The molecular weight excluding hydrogens is 350 g/mol. The number of rotatable bonds is 5. The van der Waals surface area contributed by atoms with Gasteiger partial charge >= 0.3 is 0 Å². The number of ether oxygens (including phenoxy) is 2. The van der Waals surface area contributed by atoms with E-state index in [1.807, 2.05) is 41.1 Å². The summed E-state index contributed by atoms with van der Waals surface area (Å²) in [5.74, 6) is 1.37. The van der Waals surface area contributed by atoms with Crippen molar-refractivity contribution in [2.75, 3.05) is 14.2 Å². The molecule has 0 saturated carbocycles. The van der Waals surface area contributed by atoms with Gasteiger partial charge in [-0.05, 0) is 42.6 Å². The molecule has 0 saturated heterocycles. The Morgan fingerprint density at radius 3 is 2.61 bits per heavy atom. The number of aryl methyl sites for hydroxylation is 1. The van der Waals surface area contributed by atoms with E-state index in [2.05, 4.69) is 5.10 Å². The zero-order valence-corrected chi connectivity index (χ0v) is 16.1. The van der Waals surface area contributed by atoms with Crippen molar-refractivity contribution in [2.45, 2.75) is 20.3 Å². The van der Waals surface area contributed by atoms with Gasteiger partial charge in [-0.1, -0.05) is 30.3 Å². The Balaban J connectivity index is 1.78. The topological polar surface area (TPSA) is 49.2 Å².